The van der Waals surface area contributed by atoms with Gasteiger partial charge in [0.25, 0.3) is 11.5 Å². The minimum atomic E-state index is -0.955. The van der Waals surface area contributed by atoms with Gasteiger partial charge in [0.15, 0.2) is 0 Å². The van der Waals surface area contributed by atoms with E-state index in [-0.39, 0.29) is 41.5 Å². The van der Waals surface area contributed by atoms with Crippen LogP contribution in [-0.4, -0.2) is 29.0 Å². The number of nitrogens with two attached hydrogens (primary N) is 1. The molecule has 3 rings (SSSR count). The van der Waals surface area contributed by atoms with Crippen LogP contribution in [0.1, 0.15) is 44.5 Å². The molecule has 31 heavy (non-hydrogen) atoms. The number of aryl methyl sites for hydroxylation is 3. The predicted octanol–water partition coefficient (Wildman–Crippen LogP) is 2.43. The second-order valence-electron chi connectivity index (χ2n) is 7.09. The quantitative estimate of drug-likeness (QED) is 0.583. The van der Waals surface area contributed by atoms with Gasteiger partial charge in [-0.15, -0.1) is 0 Å². The van der Waals surface area contributed by atoms with E-state index in [1.807, 2.05) is 32.0 Å². The standard InChI is InChI=1S/C22H23N3O6/c1-5-30-22(29)17-13(4)31-21(18(17)20(23)28)24-15(26)10-25-16(27)9-12(3)14-8-6-7-11(2)19(14)25/h6-9H,5,10H2,1-4H3,(H2,23,28)(H,24,26). The van der Waals surface area contributed by atoms with Crippen molar-refractivity contribution in [3.8, 4) is 0 Å². The van der Waals surface area contributed by atoms with Crippen molar-refractivity contribution in [1.82, 2.24) is 4.57 Å². The summed E-state index contributed by atoms with van der Waals surface area (Å²) in [5.74, 6) is -2.55. The Bertz CT molecular complexity index is 1270. The van der Waals surface area contributed by atoms with Crippen LogP contribution in [0.15, 0.2) is 33.5 Å². The highest BCUT2D eigenvalue weighted by molar-refractivity contribution is 6.10. The number of nitrogens with one attached hydrogen (secondary N) is 1. The number of hydrogen-bond acceptors (Lipinski definition) is 6. The molecule has 9 nitrogen and oxygen atoms in total. The summed E-state index contributed by atoms with van der Waals surface area (Å²) in [6.07, 6.45) is 0. The first kappa shape index (κ1) is 21.8. The molecule has 2 aromatic heterocycles. The molecule has 0 unspecified atom stereocenters. The van der Waals surface area contributed by atoms with Crippen molar-refractivity contribution in [1.29, 1.82) is 0 Å². The number of carbonyl (C=O) groups is 3. The molecule has 162 valence electrons. The number of para-hydroxylation sites is 1. The van der Waals surface area contributed by atoms with Crippen LogP contribution in [0, 0.1) is 20.8 Å². The SMILES string of the molecule is CCOC(=O)c1c(C)oc(NC(=O)Cn2c(=O)cc(C)c3cccc(C)c32)c1C(N)=O. The van der Waals surface area contributed by atoms with Crippen molar-refractivity contribution < 1.29 is 23.5 Å². The smallest absolute Gasteiger partial charge is 0.342 e. The van der Waals surface area contributed by atoms with Gasteiger partial charge in [-0.3, -0.25) is 24.3 Å². The summed E-state index contributed by atoms with van der Waals surface area (Å²) >= 11 is 0. The minimum Gasteiger partial charge on any atom is -0.462 e. The maximum absolute atomic E-state index is 12.8. The Labute approximate surface area is 177 Å². The van der Waals surface area contributed by atoms with E-state index in [1.54, 1.807) is 6.92 Å². The van der Waals surface area contributed by atoms with Crippen LogP contribution in [0.3, 0.4) is 0 Å². The van der Waals surface area contributed by atoms with Gasteiger partial charge in [-0.1, -0.05) is 18.2 Å². The lowest BCUT2D eigenvalue weighted by molar-refractivity contribution is -0.116. The zero-order valence-corrected chi connectivity index (χ0v) is 17.7. The van der Waals surface area contributed by atoms with E-state index in [0.717, 1.165) is 16.5 Å². The minimum absolute atomic E-state index is 0.0800. The first-order valence-electron chi connectivity index (χ1n) is 9.65. The Hall–Kier alpha value is -3.88. The number of ether oxygens (including phenoxy) is 1. The number of rotatable bonds is 6. The first-order chi connectivity index (χ1) is 14.6. The van der Waals surface area contributed by atoms with Crippen molar-refractivity contribution in [2.75, 3.05) is 11.9 Å². The molecule has 2 amide bonds. The normalized spacial score (nSPS) is 10.8. The molecule has 0 aliphatic carbocycles. The van der Waals surface area contributed by atoms with Crippen LogP contribution in [0.25, 0.3) is 10.9 Å². The third-order valence-corrected chi connectivity index (χ3v) is 4.90. The lowest BCUT2D eigenvalue weighted by atomic mass is 10.1. The van der Waals surface area contributed by atoms with E-state index in [0.29, 0.717) is 5.52 Å². The summed E-state index contributed by atoms with van der Waals surface area (Å²) in [7, 11) is 0. The highest BCUT2D eigenvalue weighted by atomic mass is 16.5. The van der Waals surface area contributed by atoms with Gasteiger partial charge in [0, 0.05) is 11.5 Å². The molecule has 3 N–H and O–H groups in total. The molecule has 3 aromatic rings. The molecular formula is C22H23N3O6. The molecule has 0 saturated carbocycles. The monoisotopic (exact) mass is 425 g/mol. The average Bonchev–Trinajstić information content (AvgIpc) is 3.01. The number of furan rings is 1. The molecule has 2 heterocycles. The maximum Gasteiger partial charge on any atom is 0.342 e. The van der Waals surface area contributed by atoms with Crippen LogP contribution in [0.2, 0.25) is 0 Å². The van der Waals surface area contributed by atoms with Crippen molar-refractivity contribution in [2.45, 2.75) is 34.2 Å². The third-order valence-electron chi connectivity index (χ3n) is 4.90. The van der Waals surface area contributed by atoms with Crippen molar-refractivity contribution in [3.05, 3.63) is 62.6 Å². The van der Waals surface area contributed by atoms with Gasteiger partial charge in [-0.25, -0.2) is 4.79 Å². The summed E-state index contributed by atoms with van der Waals surface area (Å²) in [5.41, 5.74) is 6.93. The lowest BCUT2D eigenvalue weighted by Gasteiger charge is -2.14. The van der Waals surface area contributed by atoms with Crippen LogP contribution in [-0.2, 0) is 16.1 Å². The van der Waals surface area contributed by atoms with Crippen molar-refractivity contribution in [2.24, 2.45) is 5.73 Å². The number of nitrogens with zero attached hydrogens (tertiary/aromatic N) is 1. The Morgan fingerprint density at radius 1 is 1.13 bits per heavy atom. The molecule has 0 atom stereocenters. The Kier molecular flexibility index (Phi) is 5.96. The zero-order valence-electron chi connectivity index (χ0n) is 17.7. The van der Waals surface area contributed by atoms with Gasteiger partial charge in [0.2, 0.25) is 11.8 Å². The number of fused-ring (bicyclic) bond motifs is 1. The molecule has 9 heteroatoms. The molecule has 0 spiro atoms. The maximum atomic E-state index is 12.8. The van der Waals surface area contributed by atoms with Crippen LogP contribution in [0.5, 0.6) is 0 Å². The number of amides is 2. The number of esters is 1. The predicted molar refractivity (Wildman–Crippen MR) is 114 cm³/mol. The van der Waals surface area contributed by atoms with Gasteiger partial charge in [0.1, 0.15) is 23.4 Å². The van der Waals surface area contributed by atoms with Crippen molar-refractivity contribution in [3.63, 3.8) is 0 Å². The number of aromatic nitrogens is 1. The number of hydrogen-bond donors (Lipinski definition) is 2. The zero-order chi connectivity index (χ0) is 22.9. The van der Waals surface area contributed by atoms with E-state index in [2.05, 4.69) is 5.32 Å². The largest absolute Gasteiger partial charge is 0.462 e. The highest BCUT2D eigenvalue weighted by Crippen LogP contribution is 2.28. The number of pyridine rings is 1. The lowest BCUT2D eigenvalue weighted by Crippen LogP contribution is -2.29. The second-order valence-corrected chi connectivity index (χ2v) is 7.09. The van der Waals surface area contributed by atoms with E-state index >= 15 is 0 Å². The summed E-state index contributed by atoms with van der Waals surface area (Å²) in [5, 5.41) is 3.30. The fourth-order valence-corrected chi connectivity index (χ4v) is 3.57. The van der Waals surface area contributed by atoms with E-state index in [9.17, 15) is 19.2 Å². The molecule has 0 fully saturated rings. The number of benzene rings is 1. The number of carbonyl (C=O) groups excluding carboxylic acids is 3. The molecule has 1 aromatic carbocycles. The van der Waals surface area contributed by atoms with E-state index in [4.69, 9.17) is 14.9 Å². The summed E-state index contributed by atoms with van der Waals surface area (Å²) < 4.78 is 11.7. The van der Waals surface area contributed by atoms with Gasteiger partial charge in [-0.05, 0) is 38.8 Å². The Balaban J connectivity index is 2.00. The summed E-state index contributed by atoms with van der Waals surface area (Å²) in [6, 6.07) is 7.06. The Morgan fingerprint density at radius 2 is 1.84 bits per heavy atom. The second kappa shape index (κ2) is 8.47. The fourth-order valence-electron chi connectivity index (χ4n) is 3.57. The van der Waals surface area contributed by atoms with Crippen LogP contribution in [0.4, 0.5) is 5.88 Å². The fraction of sp³-hybridized carbons (Fsp3) is 0.273. The topological polar surface area (TPSA) is 134 Å². The molecular weight excluding hydrogens is 402 g/mol. The van der Waals surface area contributed by atoms with E-state index < -0.39 is 17.8 Å². The molecule has 0 bridgehead atoms. The van der Waals surface area contributed by atoms with Crippen LogP contribution < -0.4 is 16.6 Å². The highest BCUT2D eigenvalue weighted by Gasteiger charge is 2.29. The summed E-state index contributed by atoms with van der Waals surface area (Å²) in [6.45, 7) is 6.51. The number of anilines is 1. The third kappa shape index (κ3) is 4.07. The Morgan fingerprint density at radius 3 is 2.48 bits per heavy atom. The van der Waals surface area contributed by atoms with Crippen molar-refractivity contribution >= 4 is 34.6 Å². The van der Waals surface area contributed by atoms with Gasteiger partial charge < -0.3 is 14.9 Å². The first-order valence-corrected chi connectivity index (χ1v) is 9.65. The van der Waals surface area contributed by atoms with Gasteiger partial charge >= 0.3 is 5.97 Å². The summed E-state index contributed by atoms with van der Waals surface area (Å²) in [4.78, 5) is 49.5. The average molecular weight is 425 g/mol. The molecule has 0 aliphatic rings. The molecule has 0 radical (unpaired) electrons. The molecule has 0 saturated heterocycles. The van der Waals surface area contributed by atoms with Crippen LogP contribution >= 0.6 is 0 Å². The van der Waals surface area contributed by atoms with Gasteiger partial charge in [0.05, 0.1) is 12.1 Å². The van der Waals surface area contributed by atoms with Gasteiger partial charge in [-0.2, -0.15) is 0 Å². The molecule has 0 aliphatic heterocycles. The number of primary amides is 1. The van der Waals surface area contributed by atoms with E-state index in [1.165, 1.54) is 17.6 Å².